The molecule has 2 rings (SSSR count). The number of nitrogens with two attached hydrogens (primary N) is 1. The Balaban J connectivity index is 2.35. The molecule has 0 aromatic carbocycles. The molecule has 0 unspecified atom stereocenters. The standard InChI is InChI=1S/C8H10N6O2S/c1-14-5-6(7(9)12-14)17(15,16)13-8-10-3-2-4-11-8/h2-5H,1H3,(H2,9,12)(H,10,11,13). The van der Waals surface area contributed by atoms with Gasteiger partial charge in [0.25, 0.3) is 10.0 Å². The lowest BCUT2D eigenvalue weighted by Crippen LogP contribution is -2.15. The van der Waals surface area contributed by atoms with Gasteiger partial charge in [0.05, 0.1) is 0 Å². The van der Waals surface area contributed by atoms with Gasteiger partial charge in [-0.25, -0.2) is 23.1 Å². The summed E-state index contributed by atoms with van der Waals surface area (Å²) in [5.74, 6) is -0.0910. The van der Waals surface area contributed by atoms with Gasteiger partial charge in [0, 0.05) is 25.6 Å². The van der Waals surface area contributed by atoms with Crippen molar-refractivity contribution >= 4 is 21.8 Å². The summed E-state index contributed by atoms with van der Waals surface area (Å²) in [4.78, 5) is 7.41. The van der Waals surface area contributed by atoms with Crippen molar-refractivity contribution in [3.63, 3.8) is 0 Å². The third-order valence-electron chi connectivity index (χ3n) is 1.90. The largest absolute Gasteiger partial charge is 0.381 e. The fourth-order valence-corrected chi connectivity index (χ4v) is 2.28. The first kappa shape index (κ1) is 11.3. The topological polar surface area (TPSA) is 116 Å². The summed E-state index contributed by atoms with van der Waals surface area (Å²) in [6, 6.07) is 1.58. The lowest BCUT2D eigenvalue weighted by atomic mass is 10.7. The highest BCUT2D eigenvalue weighted by atomic mass is 32.2. The van der Waals surface area contributed by atoms with E-state index in [1.54, 1.807) is 13.1 Å². The van der Waals surface area contributed by atoms with Gasteiger partial charge in [-0.3, -0.25) is 4.68 Å². The van der Waals surface area contributed by atoms with Gasteiger partial charge in [0.1, 0.15) is 4.90 Å². The molecule has 0 fully saturated rings. The fraction of sp³-hybridized carbons (Fsp3) is 0.125. The van der Waals surface area contributed by atoms with E-state index in [1.165, 1.54) is 23.3 Å². The number of sulfonamides is 1. The summed E-state index contributed by atoms with van der Waals surface area (Å²) in [6.07, 6.45) is 4.16. The first-order valence-corrected chi connectivity index (χ1v) is 6.06. The monoisotopic (exact) mass is 254 g/mol. The predicted molar refractivity (Wildman–Crippen MR) is 60.5 cm³/mol. The van der Waals surface area contributed by atoms with E-state index in [2.05, 4.69) is 19.8 Å². The average Bonchev–Trinajstić information content (AvgIpc) is 2.59. The van der Waals surface area contributed by atoms with Gasteiger partial charge in [-0.15, -0.1) is 0 Å². The predicted octanol–water partition coefficient (Wildman–Crippen LogP) is -0.407. The van der Waals surface area contributed by atoms with E-state index < -0.39 is 10.0 Å². The maximum Gasteiger partial charge on any atom is 0.269 e. The Morgan fingerprint density at radius 2 is 2.00 bits per heavy atom. The molecule has 0 saturated carbocycles. The van der Waals surface area contributed by atoms with E-state index >= 15 is 0 Å². The van der Waals surface area contributed by atoms with Crippen molar-refractivity contribution in [2.45, 2.75) is 4.90 Å². The average molecular weight is 254 g/mol. The molecule has 0 radical (unpaired) electrons. The second kappa shape index (κ2) is 4.01. The Morgan fingerprint density at radius 3 is 2.53 bits per heavy atom. The first-order chi connectivity index (χ1) is 7.99. The number of nitrogens with zero attached hydrogens (tertiary/aromatic N) is 4. The van der Waals surface area contributed by atoms with Crippen LogP contribution in [-0.4, -0.2) is 28.2 Å². The van der Waals surface area contributed by atoms with Crippen LogP contribution in [0.4, 0.5) is 11.8 Å². The molecular formula is C8H10N6O2S. The SMILES string of the molecule is Cn1cc(S(=O)(=O)Nc2ncccn2)c(N)n1. The van der Waals surface area contributed by atoms with Crippen molar-refractivity contribution < 1.29 is 8.42 Å². The van der Waals surface area contributed by atoms with Crippen LogP contribution in [0.15, 0.2) is 29.6 Å². The second-order valence-corrected chi connectivity index (χ2v) is 4.88. The molecule has 0 spiro atoms. The van der Waals surface area contributed by atoms with E-state index in [0.717, 1.165) is 0 Å². The summed E-state index contributed by atoms with van der Waals surface area (Å²) in [5, 5.41) is 3.75. The number of anilines is 2. The van der Waals surface area contributed by atoms with Crippen LogP contribution < -0.4 is 10.5 Å². The third-order valence-corrected chi connectivity index (χ3v) is 3.25. The highest BCUT2D eigenvalue weighted by Crippen LogP contribution is 2.17. The molecule has 2 aromatic rings. The first-order valence-electron chi connectivity index (χ1n) is 4.58. The number of hydrogen-bond donors (Lipinski definition) is 2. The summed E-state index contributed by atoms with van der Waals surface area (Å²) >= 11 is 0. The fourth-order valence-electron chi connectivity index (χ4n) is 1.22. The Labute approximate surface area is 97.6 Å². The molecule has 0 aliphatic heterocycles. The molecule has 0 saturated heterocycles. The highest BCUT2D eigenvalue weighted by molar-refractivity contribution is 7.92. The molecule has 17 heavy (non-hydrogen) atoms. The van der Waals surface area contributed by atoms with Crippen LogP contribution in [0, 0.1) is 0 Å². The zero-order valence-corrected chi connectivity index (χ0v) is 9.72. The second-order valence-electron chi connectivity index (χ2n) is 3.23. The summed E-state index contributed by atoms with van der Waals surface area (Å²) in [5.41, 5.74) is 5.49. The summed E-state index contributed by atoms with van der Waals surface area (Å²) < 4.78 is 27.3. The van der Waals surface area contributed by atoms with Gasteiger partial charge in [-0.2, -0.15) is 5.10 Å². The minimum absolute atomic E-state index is 0.0178. The van der Waals surface area contributed by atoms with Crippen molar-refractivity contribution in [1.29, 1.82) is 0 Å². The van der Waals surface area contributed by atoms with Crippen molar-refractivity contribution in [1.82, 2.24) is 19.7 Å². The molecule has 2 heterocycles. The van der Waals surface area contributed by atoms with Crippen LogP contribution >= 0.6 is 0 Å². The van der Waals surface area contributed by atoms with Crippen LogP contribution in [0.2, 0.25) is 0 Å². The molecule has 8 nitrogen and oxygen atoms in total. The van der Waals surface area contributed by atoms with Crippen LogP contribution in [0.1, 0.15) is 0 Å². The maximum atomic E-state index is 11.9. The van der Waals surface area contributed by atoms with Gasteiger partial charge in [-0.1, -0.05) is 0 Å². The van der Waals surface area contributed by atoms with Crippen LogP contribution in [-0.2, 0) is 17.1 Å². The van der Waals surface area contributed by atoms with Gasteiger partial charge >= 0.3 is 0 Å². The lowest BCUT2D eigenvalue weighted by Gasteiger charge is -2.03. The Bertz CT molecular complexity index is 621. The van der Waals surface area contributed by atoms with Gasteiger partial charge < -0.3 is 5.73 Å². The van der Waals surface area contributed by atoms with Gasteiger partial charge in [0.15, 0.2) is 5.82 Å². The van der Waals surface area contributed by atoms with E-state index in [-0.39, 0.29) is 16.7 Å². The van der Waals surface area contributed by atoms with E-state index in [1.807, 2.05) is 0 Å². The smallest absolute Gasteiger partial charge is 0.269 e. The quantitative estimate of drug-likeness (QED) is 0.769. The maximum absolute atomic E-state index is 11.9. The van der Waals surface area contributed by atoms with Crippen LogP contribution in [0.25, 0.3) is 0 Å². The summed E-state index contributed by atoms with van der Waals surface area (Å²) in [7, 11) is -2.23. The minimum atomic E-state index is -3.81. The number of rotatable bonds is 3. The van der Waals surface area contributed by atoms with Crippen LogP contribution in [0.3, 0.4) is 0 Å². The molecule has 3 N–H and O–H groups in total. The highest BCUT2D eigenvalue weighted by Gasteiger charge is 2.21. The Kier molecular flexibility index (Phi) is 2.68. The molecule has 9 heteroatoms. The van der Waals surface area contributed by atoms with E-state index in [4.69, 9.17) is 5.73 Å². The number of nitrogens with one attached hydrogen (secondary N) is 1. The zero-order valence-electron chi connectivity index (χ0n) is 8.90. The number of aryl methyl sites for hydroxylation is 1. The Hall–Kier alpha value is -2.16. The number of hydrogen-bond acceptors (Lipinski definition) is 6. The van der Waals surface area contributed by atoms with Gasteiger partial charge in [-0.05, 0) is 6.07 Å². The van der Waals surface area contributed by atoms with Crippen molar-refractivity contribution in [2.24, 2.45) is 7.05 Å². The number of nitrogen functional groups attached to an aromatic ring is 1. The third kappa shape index (κ3) is 2.33. The van der Waals surface area contributed by atoms with Crippen molar-refractivity contribution in [3.8, 4) is 0 Å². The molecule has 0 aliphatic rings. The van der Waals surface area contributed by atoms with Crippen LogP contribution in [0.5, 0.6) is 0 Å². The molecule has 0 bridgehead atoms. The minimum Gasteiger partial charge on any atom is -0.381 e. The molecule has 0 aliphatic carbocycles. The molecule has 0 atom stereocenters. The van der Waals surface area contributed by atoms with Crippen molar-refractivity contribution in [2.75, 3.05) is 10.5 Å². The normalized spacial score (nSPS) is 11.4. The molecule has 90 valence electrons. The molecular weight excluding hydrogens is 244 g/mol. The Morgan fingerprint density at radius 1 is 1.35 bits per heavy atom. The van der Waals surface area contributed by atoms with Crippen molar-refractivity contribution in [3.05, 3.63) is 24.7 Å². The zero-order chi connectivity index (χ0) is 12.5. The lowest BCUT2D eigenvalue weighted by molar-refractivity contribution is 0.601. The van der Waals surface area contributed by atoms with Gasteiger partial charge in [0.2, 0.25) is 5.95 Å². The van der Waals surface area contributed by atoms with E-state index in [9.17, 15) is 8.42 Å². The summed E-state index contributed by atoms with van der Waals surface area (Å²) in [6.45, 7) is 0. The molecule has 0 amide bonds. The number of aromatic nitrogens is 4. The van der Waals surface area contributed by atoms with E-state index in [0.29, 0.717) is 0 Å². The molecule has 2 aromatic heterocycles.